The zero-order chi connectivity index (χ0) is 38.3. The van der Waals surface area contributed by atoms with Gasteiger partial charge in [-0.2, -0.15) is 0 Å². The van der Waals surface area contributed by atoms with Crippen LogP contribution < -0.4 is 4.40 Å². The Bertz CT molecular complexity index is 2320. The molecular formula is C44H44GeIrN2O-2. The molecule has 0 bridgehead atoms. The minimum Gasteiger partial charge on any atom is -0.501 e. The average Bonchev–Trinajstić information content (AvgIpc) is 3.49. The van der Waals surface area contributed by atoms with Gasteiger partial charge in [0.2, 0.25) is 0 Å². The van der Waals surface area contributed by atoms with Gasteiger partial charge in [0, 0.05) is 37.2 Å². The molecule has 0 saturated carbocycles. The summed E-state index contributed by atoms with van der Waals surface area (Å²) >= 11 is -1.78. The Kier molecular flexibility index (Phi) is 9.43. The molecule has 0 unspecified atom stereocenters. The summed E-state index contributed by atoms with van der Waals surface area (Å²) in [5, 5.41) is 1.92. The van der Waals surface area contributed by atoms with Crippen molar-refractivity contribution in [3.8, 4) is 33.6 Å². The van der Waals surface area contributed by atoms with Crippen LogP contribution in [0.5, 0.6) is 0 Å². The van der Waals surface area contributed by atoms with Crippen molar-refractivity contribution in [1.29, 1.82) is 0 Å². The molecular weight excluding hydrogens is 837 g/mol. The van der Waals surface area contributed by atoms with E-state index in [1.165, 1.54) is 10.6 Å². The Morgan fingerprint density at radius 3 is 2.16 bits per heavy atom. The number of aryl methyl sites for hydroxylation is 1. The molecule has 49 heavy (non-hydrogen) atoms. The third-order valence-corrected chi connectivity index (χ3v) is 12.8. The molecule has 0 fully saturated rings. The largest absolute Gasteiger partial charge is 0.501 e. The molecule has 1 radical (unpaired) electrons. The molecule has 7 aromatic rings. The maximum Gasteiger partial charge on any atom is 0.121 e. The van der Waals surface area contributed by atoms with E-state index in [0.29, 0.717) is 22.4 Å². The van der Waals surface area contributed by atoms with Crippen molar-refractivity contribution in [3.63, 3.8) is 0 Å². The van der Waals surface area contributed by atoms with Crippen molar-refractivity contribution in [2.75, 3.05) is 0 Å². The van der Waals surface area contributed by atoms with E-state index in [-0.39, 0.29) is 25.7 Å². The maximum absolute atomic E-state index is 8.50. The van der Waals surface area contributed by atoms with E-state index in [4.69, 9.17) is 11.3 Å². The first-order chi connectivity index (χ1) is 24.8. The number of rotatable bonds is 6. The first-order valence-electron chi connectivity index (χ1n) is 18.7. The predicted molar refractivity (Wildman–Crippen MR) is 206 cm³/mol. The zero-order valence-corrected chi connectivity index (χ0v) is 33.5. The van der Waals surface area contributed by atoms with Gasteiger partial charge in [0.1, 0.15) is 5.58 Å². The number of benzene rings is 4. The molecule has 5 heteroatoms. The fourth-order valence-electron chi connectivity index (χ4n) is 5.64. The van der Waals surface area contributed by atoms with Crippen LogP contribution in [0.2, 0.25) is 17.3 Å². The second kappa shape index (κ2) is 15.4. The number of nitrogens with zero attached hydrogens (tertiary/aromatic N) is 2. The van der Waals surface area contributed by atoms with E-state index in [9.17, 15) is 0 Å². The van der Waals surface area contributed by atoms with Gasteiger partial charge in [0.05, 0.1) is 5.58 Å². The molecule has 3 nitrogen and oxygen atoms in total. The summed E-state index contributed by atoms with van der Waals surface area (Å²) in [6.45, 7) is 4.79. The molecule has 3 heterocycles. The van der Waals surface area contributed by atoms with Crippen LogP contribution in [0.25, 0.3) is 55.6 Å². The minimum absolute atomic E-state index is 0. The van der Waals surface area contributed by atoms with Gasteiger partial charge >= 0.3 is 120 Å². The van der Waals surface area contributed by atoms with Crippen LogP contribution in [-0.2, 0) is 20.1 Å². The SMILES string of the molecule is [2H]C(C)(C)c1c[c-]c(-c2cc[c]([Ge]([CH3])([CH3])[CH3])cn2)cc1.[2H]C([2H])([2H])c1cnc(-c2[c-]ccc3c2oc2cc(-c4ccccc4)ccc23)cc1C([2H])(C)C.[Ir]. The van der Waals surface area contributed by atoms with Gasteiger partial charge in [-0.05, 0) is 46.8 Å². The summed E-state index contributed by atoms with van der Waals surface area (Å²) < 4.78 is 47.8. The number of furan rings is 1. The van der Waals surface area contributed by atoms with E-state index in [2.05, 4.69) is 75.8 Å². The van der Waals surface area contributed by atoms with E-state index in [1.54, 1.807) is 19.9 Å². The summed E-state index contributed by atoms with van der Waals surface area (Å²) in [5.41, 5.74) is 8.17. The van der Waals surface area contributed by atoms with Gasteiger partial charge in [-0.3, -0.25) is 0 Å². The van der Waals surface area contributed by atoms with E-state index >= 15 is 0 Å². The zero-order valence-electron chi connectivity index (χ0n) is 34.0. The van der Waals surface area contributed by atoms with Crippen LogP contribution >= 0.6 is 0 Å². The first-order valence-corrected chi connectivity index (χ1v) is 23.6. The van der Waals surface area contributed by atoms with E-state index in [1.807, 2.05) is 74.6 Å². The molecule has 0 atom stereocenters. The minimum atomic E-state index is -2.35. The molecule has 0 N–H and O–H groups in total. The standard InChI is InChI=1S/C27H22NO.C17H22GeN.Ir/c1-17(2)24-15-25(28-16-18(24)3)23-11-7-10-22-21-13-12-20(14-26(21)29-27(22)23)19-8-5-4-6-9-19;1-13(2)14-6-8-15(9-7-14)17-11-10-16(12-19-17)18(3,4)5;/h4-10,12-17H,1-3H3;6-8,10-13H,1-5H3;/q2*-1;/i3D3,17D;13D;. The van der Waals surface area contributed by atoms with Crippen molar-refractivity contribution < 1.29 is 31.4 Å². The molecule has 0 spiro atoms. The van der Waals surface area contributed by atoms with Gasteiger partial charge in [0.25, 0.3) is 0 Å². The molecule has 0 aliphatic rings. The summed E-state index contributed by atoms with van der Waals surface area (Å²) in [6.07, 6.45) is 3.38. The second-order valence-corrected chi connectivity index (χ2v) is 24.2. The molecule has 3 aromatic heterocycles. The van der Waals surface area contributed by atoms with E-state index < -0.39 is 31.9 Å². The average molecular weight is 887 g/mol. The van der Waals surface area contributed by atoms with Gasteiger partial charge in [-0.25, -0.2) is 0 Å². The molecule has 0 saturated heterocycles. The Morgan fingerprint density at radius 1 is 0.755 bits per heavy atom. The van der Waals surface area contributed by atoms with Crippen LogP contribution in [0.4, 0.5) is 0 Å². The van der Waals surface area contributed by atoms with Crippen molar-refractivity contribution in [2.45, 2.75) is 63.6 Å². The Labute approximate surface area is 315 Å². The summed E-state index contributed by atoms with van der Waals surface area (Å²) in [6, 6.07) is 38.4. The molecule has 7 rings (SSSR count). The van der Waals surface area contributed by atoms with Crippen LogP contribution in [-0.4, -0.2) is 23.2 Å². The topological polar surface area (TPSA) is 38.9 Å². The van der Waals surface area contributed by atoms with Crippen LogP contribution in [0.3, 0.4) is 0 Å². The van der Waals surface area contributed by atoms with Gasteiger partial charge in [0.15, 0.2) is 0 Å². The Morgan fingerprint density at radius 2 is 1.53 bits per heavy atom. The van der Waals surface area contributed by atoms with Crippen LogP contribution in [0, 0.1) is 19.0 Å². The quantitative estimate of drug-likeness (QED) is 0.123. The number of fused-ring (bicyclic) bond motifs is 3. The Hall–Kier alpha value is -3.83. The maximum atomic E-state index is 8.50. The summed E-state index contributed by atoms with van der Waals surface area (Å²) in [5.74, 6) is 5.43. The fraction of sp³-hybridized carbons (Fsp3) is 0.227. The van der Waals surface area contributed by atoms with E-state index in [0.717, 1.165) is 44.3 Å². The Balaban J connectivity index is 0.000000230. The molecule has 0 aliphatic carbocycles. The smallest absolute Gasteiger partial charge is 0.121 e. The summed E-state index contributed by atoms with van der Waals surface area (Å²) in [4.78, 5) is 9.02. The molecule has 4 aromatic carbocycles. The third kappa shape index (κ3) is 8.15. The monoisotopic (exact) mass is 888 g/mol. The number of hydrogen-bond acceptors (Lipinski definition) is 3. The van der Waals surface area contributed by atoms with Crippen LogP contribution in [0.15, 0.2) is 114 Å². The number of pyridine rings is 2. The van der Waals surface area contributed by atoms with Gasteiger partial charge in [-0.1, -0.05) is 73.3 Å². The molecule has 0 amide bonds. The third-order valence-electron chi connectivity index (χ3n) is 8.53. The van der Waals surface area contributed by atoms with Crippen molar-refractivity contribution >= 4 is 39.6 Å². The molecule has 251 valence electrons. The van der Waals surface area contributed by atoms with Crippen molar-refractivity contribution in [1.82, 2.24) is 9.97 Å². The second-order valence-electron chi connectivity index (χ2n) is 13.6. The van der Waals surface area contributed by atoms with Gasteiger partial charge in [-0.15, -0.1) is 18.2 Å². The predicted octanol–water partition coefficient (Wildman–Crippen LogP) is 11.8. The van der Waals surface area contributed by atoms with Crippen molar-refractivity contribution in [3.05, 3.63) is 138 Å². The van der Waals surface area contributed by atoms with Crippen LogP contribution in [0.1, 0.15) is 63.0 Å². The van der Waals surface area contributed by atoms with Gasteiger partial charge < -0.3 is 9.40 Å². The fourth-order valence-corrected chi connectivity index (χ4v) is 7.81. The normalized spacial score (nSPS) is 13.7. The summed E-state index contributed by atoms with van der Waals surface area (Å²) in [7, 11) is 0. The number of aromatic nitrogens is 2. The number of hydrogen-bond donors (Lipinski definition) is 0. The van der Waals surface area contributed by atoms with Crippen molar-refractivity contribution in [2.24, 2.45) is 0 Å². The molecule has 0 aliphatic heterocycles. The first kappa shape index (κ1) is 30.0.